The lowest BCUT2D eigenvalue weighted by Crippen LogP contribution is -2.36. The van der Waals surface area contributed by atoms with Crippen LogP contribution in [-0.2, 0) is 4.79 Å². The van der Waals surface area contributed by atoms with Gasteiger partial charge in [-0.05, 0) is 32.0 Å². The van der Waals surface area contributed by atoms with Crippen LogP contribution in [-0.4, -0.2) is 18.6 Å². The molecular formula is C12H17BrN2O2. The number of halogens is 1. The average Bonchev–Trinajstić information content (AvgIpc) is 2.14. The van der Waals surface area contributed by atoms with Crippen molar-refractivity contribution in [2.75, 3.05) is 12.4 Å². The van der Waals surface area contributed by atoms with Crippen molar-refractivity contribution in [3.63, 3.8) is 0 Å². The van der Waals surface area contributed by atoms with Gasteiger partial charge in [-0.2, -0.15) is 0 Å². The number of nitrogens with two attached hydrogens (primary N) is 1. The molecular weight excluding hydrogens is 284 g/mol. The molecule has 0 unspecified atom stereocenters. The first-order chi connectivity index (χ1) is 7.81. The summed E-state index contributed by atoms with van der Waals surface area (Å²) in [5, 5.41) is 2.78. The maximum atomic E-state index is 11.7. The van der Waals surface area contributed by atoms with Crippen LogP contribution in [0.3, 0.4) is 0 Å². The number of carbonyl (C=O) groups is 1. The molecule has 1 amide bonds. The molecule has 94 valence electrons. The Kier molecular flexibility index (Phi) is 4.54. The maximum Gasteiger partial charge on any atom is 0.226 e. The van der Waals surface area contributed by atoms with Crippen molar-refractivity contribution >= 4 is 27.5 Å². The molecule has 17 heavy (non-hydrogen) atoms. The van der Waals surface area contributed by atoms with Crippen LogP contribution < -0.4 is 15.8 Å². The minimum atomic E-state index is -0.524. The van der Waals surface area contributed by atoms with Crippen LogP contribution in [0.5, 0.6) is 5.75 Å². The van der Waals surface area contributed by atoms with Gasteiger partial charge in [-0.1, -0.05) is 15.9 Å². The summed E-state index contributed by atoms with van der Waals surface area (Å²) in [6.45, 7) is 3.62. The third-order valence-electron chi connectivity index (χ3n) is 2.05. The van der Waals surface area contributed by atoms with Gasteiger partial charge in [0, 0.05) is 16.4 Å². The fraction of sp³-hybridized carbons (Fsp3) is 0.417. The number of methoxy groups -OCH3 is 1. The number of carbonyl (C=O) groups excluding carboxylic acids is 1. The molecule has 0 aliphatic rings. The summed E-state index contributed by atoms with van der Waals surface area (Å²) in [7, 11) is 1.56. The van der Waals surface area contributed by atoms with Crippen LogP contribution in [0.15, 0.2) is 22.7 Å². The molecule has 1 aromatic carbocycles. The molecule has 4 nitrogen and oxygen atoms in total. The SMILES string of the molecule is COc1ccc(Br)cc1NC(=O)CC(C)(C)N. The van der Waals surface area contributed by atoms with Crippen LogP contribution in [0.25, 0.3) is 0 Å². The molecule has 0 fully saturated rings. The molecule has 0 saturated carbocycles. The first-order valence-electron chi connectivity index (χ1n) is 5.24. The van der Waals surface area contributed by atoms with E-state index in [9.17, 15) is 4.79 Å². The lowest BCUT2D eigenvalue weighted by Gasteiger charge is -2.18. The zero-order chi connectivity index (χ0) is 13.1. The molecule has 0 aromatic heterocycles. The number of rotatable bonds is 4. The van der Waals surface area contributed by atoms with Crippen LogP contribution in [0.4, 0.5) is 5.69 Å². The molecule has 0 spiro atoms. The predicted molar refractivity (Wildman–Crippen MR) is 72.2 cm³/mol. The minimum absolute atomic E-state index is 0.131. The fourth-order valence-corrected chi connectivity index (χ4v) is 1.75. The van der Waals surface area contributed by atoms with Crippen LogP contribution in [0, 0.1) is 0 Å². The van der Waals surface area contributed by atoms with Gasteiger partial charge in [-0.3, -0.25) is 4.79 Å². The van der Waals surface area contributed by atoms with Crippen molar-refractivity contribution in [2.24, 2.45) is 5.73 Å². The van der Waals surface area contributed by atoms with Gasteiger partial charge in [-0.25, -0.2) is 0 Å². The van der Waals surface area contributed by atoms with Gasteiger partial charge in [0.2, 0.25) is 5.91 Å². The highest BCUT2D eigenvalue weighted by atomic mass is 79.9. The molecule has 0 aliphatic carbocycles. The van der Waals surface area contributed by atoms with E-state index in [1.807, 2.05) is 19.9 Å². The summed E-state index contributed by atoms with van der Waals surface area (Å²) in [5.74, 6) is 0.491. The smallest absolute Gasteiger partial charge is 0.226 e. The van der Waals surface area contributed by atoms with Gasteiger partial charge in [0.15, 0.2) is 0 Å². The Morgan fingerprint density at radius 3 is 2.71 bits per heavy atom. The Morgan fingerprint density at radius 1 is 1.53 bits per heavy atom. The number of anilines is 1. The highest BCUT2D eigenvalue weighted by Crippen LogP contribution is 2.28. The van der Waals surface area contributed by atoms with Crippen molar-refractivity contribution in [3.05, 3.63) is 22.7 Å². The normalized spacial score (nSPS) is 11.1. The van der Waals surface area contributed by atoms with E-state index in [0.29, 0.717) is 11.4 Å². The number of benzene rings is 1. The number of hydrogen-bond acceptors (Lipinski definition) is 3. The van der Waals surface area contributed by atoms with Crippen molar-refractivity contribution < 1.29 is 9.53 Å². The largest absolute Gasteiger partial charge is 0.495 e. The van der Waals surface area contributed by atoms with Crippen LogP contribution in [0.2, 0.25) is 0 Å². The highest BCUT2D eigenvalue weighted by Gasteiger charge is 2.17. The number of nitrogens with one attached hydrogen (secondary N) is 1. The second-order valence-electron chi connectivity index (χ2n) is 4.56. The van der Waals surface area contributed by atoms with Crippen molar-refractivity contribution in [1.29, 1.82) is 0 Å². The predicted octanol–water partition coefficient (Wildman–Crippen LogP) is 2.52. The maximum absolute atomic E-state index is 11.7. The van der Waals surface area contributed by atoms with E-state index >= 15 is 0 Å². The van der Waals surface area contributed by atoms with E-state index in [2.05, 4.69) is 21.2 Å². The zero-order valence-electron chi connectivity index (χ0n) is 10.2. The third kappa shape index (κ3) is 4.75. The summed E-state index contributed by atoms with van der Waals surface area (Å²) in [5.41, 5.74) is 5.90. The van der Waals surface area contributed by atoms with E-state index in [1.54, 1.807) is 19.2 Å². The van der Waals surface area contributed by atoms with Gasteiger partial charge in [0.05, 0.1) is 12.8 Å². The molecule has 1 aromatic rings. The average molecular weight is 301 g/mol. The Labute approximate surface area is 110 Å². The van der Waals surface area contributed by atoms with Crippen LogP contribution >= 0.6 is 15.9 Å². The highest BCUT2D eigenvalue weighted by molar-refractivity contribution is 9.10. The Hall–Kier alpha value is -1.07. The van der Waals surface area contributed by atoms with E-state index in [0.717, 1.165) is 4.47 Å². The molecule has 1 rings (SSSR count). The Balaban J connectivity index is 2.80. The molecule has 0 heterocycles. The third-order valence-corrected chi connectivity index (χ3v) is 2.55. The molecule has 5 heteroatoms. The standard InChI is InChI=1S/C12H17BrN2O2/c1-12(2,14)7-11(16)15-9-6-8(13)4-5-10(9)17-3/h4-6H,7,14H2,1-3H3,(H,15,16). The second-order valence-corrected chi connectivity index (χ2v) is 5.47. The lowest BCUT2D eigenvalue weighted by molar-refractivity contribution is -0.117. The molecule has 0 aliphatic heterocycles. The van der Waals surface area contributed by atoms with Gasteiger partial charge in [0.1, 0.15) is 5.75 Å². The summed E-state index contributed by atoms with van der Waals surface area (Å²) < 4.78 is 6.04. The first-order valence-corrected chi connectivity index (χ1v) is 6.03. The summed E-state index contributed by atoms with van der Waals surface area (Å²) in [6.07, 6.45) is 0.253. The molecule has 0 saturated heterocycles. The number of hydrogen-bond donors (Lipinski definition) is 2. The fourth-order valence-electron chi connectivity index (χ4n) is 1.39. The quantitative estimate of drug-likeness (QED) is 0.898. The van der Waals surface area contributed by atoms with Crippen molar-refractivity contribution in [2.45, 2.75) is 25.8 Å². The first kappa shape index (κ1) is 14.0. The van der Waals surface area contributed by atoms with Crippen LogP contribution in [0.1, 0.15) is 20.3 Å². The summed E-state index contributed by atoms with van der Waals surface area (Å²) in [6, 6.07) is 5.43. The Morgan fingerprint density at radius 2 is 2.18 bits per heavy atom. The Bertz CT molecular complexity index is 413. The molecule has 0 atom stereocenters. The number of ether oxygens (including phenoxy) is 1. The van der Waals surface area contributed by atoms with Gasteiger partial charge < -0.3 is 15.8 Å². The second kappa shape index (κ2) is 5.51. The van der Waals surface area contributed by atoms with E-state index in [4.69, 9.17) is 10.5 Å². The van der Waals surface area contributed by atoms with Crippen molar-refractivity contribution in [3.8, 4) is 5.75 Å². The monoisotopic (exact) mass is 300 g/mol. The number of amides is 1. The molecule has 0 radical (unpaired) electrons. The van der Waals surface area contributed by atoms with E-state index in [1.165, 1.54) is 0 Å². The molecule has 0 bridgehead atoms. The van der Waals surface area contributed by atoms with Gasteiger partial charge >= 0.3 is 0 Å². The summed E-state index contributed by atoms with van der Waals surface area (Å²) >= 11 is 3.35. The van der Waals surface area contributed by atoms with Gasteiger partial charge in [-0.15, -0.1) is 0 Å². The molecule has 3 N–H and O–H groups in total. The van der Waals surface area contributed by atoms with Crippen molar-refractivity contribution in [1.82, 2.24) is 0 Å². The van der Waals surface area contributed by atoms with E-state index in [-0.39, 0.29) is 12.3 Å². The zero-order valence-corrected chi connectivity index (χ0v) is 11.8. The minimum Gasteiger partial charge on any atom is -0.495 e. The topological polar surface area (TPSA) is 64.3 Å². The summed E-state index contributed by atoms with van der Waals surface area (Å²) in [4.78, 5) is 11.7. The van der Waals surface area contributed by atoms with Gasteiger partial charge in [0.25, 0.3) is 0 Å². The lowest BCUT2D eigenvalue weighted by atomic mass is 10.0. The van der Waals surface area contributed by atoms with E-state index < -0.39 is 5.54 Å².